The molecule has 0 bridgehead atoms. The molecule has 5 rings (SSSR count). The van der Waals surface area contributed by atoms with E-state index in [0.717, 1.165) is 53.8 Å². The summed E-state index contributed by atoms with van der Waals surface area (Å²) in [5.41, 5.74) is 2.12. The molecular weight excluding hydrogens is 683 g/mol. The molecule has 2 N–H and O–H groups in total. The normalized spacial score (nSPS) is 13.8. The summed E-state index contributed by atoms with van der Waals surface area (Å²) in [5, 5.41) is 19.8. The zero-order chi connectivity index (χ0) is 36.3. The van der Waals surface area contributed by atoms with Crippen molar-refractivity contribution in [1.29, 1.82) is 0 Å². The molecule has 1 amide bonds. The van der Waals surface area contributed by atoms with E-state index in [4.69, 9.17) is 0 Å². The summed E-state index contributed by atoms with van der Waals surface area (Å²) < 4.78 is 100.0. The predicted octanol–water partition coefficient (Wildman–Crippen LogP) is 7.57. The SMILES string of the molecule is Cc1ccc(CN(CC(=O)N(Cc2ccc(C3CCCCC3)cc2)c2ccc(C(=O)O)c(O)c2)S(=O)(=O)c2c(F)c(F)c(F)c(F)c2F)cc1. The van der Waals surface area contributed by atoms with Crippen molar-refractivity contribution in [2.45, 2.75) is 62.9 Å². The van der Waals surface area contributed by atoms with Crippen LogP contribution in [0.2, 0.25) is 0 Å². The van der Waals surface area contributed by atoms with Gasteiger partial charge in [-0.3, -0.25) is 4.79 Å². The number of amides is 1. The lowest BCUT2D eigenvalue weighted by Gasteiger charge is -2.28. The minimum absolute atomic E-state index is 0.0576. The van der Waals surface area contributed by atoms with Gasteiger partial charge < -0.3 is 15.1 Å². The first-order valence-corrected chi connectivity index (χ1v) is 17.2. The third kappa shape index (κ3) is 7.65. The quantitative estimate of drug-likeness (QED) is 0.0941. The monoisotopic (exact) mass is 716 g/mol. The van der Waals surface area contributed by atoms with Crippen molar-refractivity contribution in [2.75, 3.05) is 11.4 Å². The van der Waals surface area contributed by atoms with Gasteiger partial charge in [0.1, 0.15) is 11.3 Å². The molecular formula is C36H33F5N2O6S. The van der Waals surface area contributed by atoms with E-state index in [0.29, 0.717) is 15.8 Å². The second-order valence-electron chi connectivity index (χ2n) is 12.2. The van der Waals surface area contributed by atoms with Gasteiger partial charge in [0.05, 0.1) is 13.1 Å². The number of phenols is 1. The van der Waals surface area contributed by atoms with Gasteiger partial charge >= 0.3 is 5.97 Å². The number of aryl methyl sites for hydroxylation is 1. The van der Waals surface area contributed by atoms with Gasteiger partial charge in [-0.1, -0.05) is 73.4 Å². The van der Waals surface area contributed by atoms with Crippen LogP contribution >= 0.6 is 0 Å². The van der Waals surface area contributed by atoms with Crippen LogP contribution < -0.4 is 4.90 Å². The Hall–Kier alpha value is -4.82. The highest BCUT2D eigenvalue weighted by atomic mass is 32.2. The van der Waals surface area contributed by atoms with Crippen molar-refractivity contribution < 1.29 is 50.2 Å². The molecule has 8 nitrogen and oxygen atoms in total. The molecule has 0 aliphatic heterocycles. The van der Waals surface area contributed by atoms with Gasteiger partial charge in [-0.15, -0.1) is 0 Å². The van der Waals surface area contributed by atoms with Crippen molar-refractivity contribution >= 4 is 27.6 Å². The van der Waals surface area contributed by atoms with Crippen LogP contribution in [-0.4, -0.2) is 41.4 Å². The fourth-order valence-corrected chi connectivity index (χ4v) is 7.50. The lowest BCUT2D eigenvalue weighted by atomic mass is 9.84. The average molecular weight is 717 g/mol. The van der Waals surface area contributed by atoms with E-state index < -0.39 is 80.3 Å². The fraction of sp³-hybridized carbons (Fsp3) is 0.278. The molecule has 14 heteroatoms. The van der Waals surface area contributed by atoms with E-state index in [-0.39, 0.29) is 17.8 Å². The molecule has 4 aromatic rings. The topological polar surface area (TPSA) is 115 Å². The zero-order valence-corrected chi connectivity index (χ0v) is 27.6. The van der Waals surface area contributed by atoms with Crippen molar-refractivity contribution in [2.24, 2.45) is 0 Å². The first-order valence-electron chi connectivity index (χ1n) is 15.7. The van der Waals surface area contributed by atoms with Crippen LogP contribution in [0.15, 0.2) is 71.6 Å². The van der Waals surface area contributed by atoms with Crippen molar-refractivity contribution in [3.05, 3.63) is 124 Å². The molecule has 0 radical (unpaired) electrons. The molecule has 0 aromatic heterocycles. The maximum Gasteiger partial charge on any atom is 0.339 e. The van der Waals surface area contributed by atoms with Crippen LogP contribution in [0.3, 0.4) is 0 Å². The zero-order valence-electron chi connectivity index (χ0n) is 26.8. The minimum atomic E-state index is -5.60. The van der Waals surface area contributed by atoms with Crippen LogP contribution in [0.5, 0.6) is 5.75 Å². The number of aromatic hydroxyl groups is 1. The van der Waals surface area contributed by atoms with E-state index in [9.17, 15) is 50.2 Å². The van der Waals surface area contributed by atoms with E-state index >= 15 is 0 Å². The summed E-state index contributed by atoms with van der Waals surface area (Å²) in [4.78, 5) is 24.6. The molecule has 0 unspecified atom stereocenters. The van der Waals surface area contributed by atoms with Crippen LogP contribution in [0.1, 0.15) is 70.6 Å². The van der Waals surface area contributed by atoms with Crippen LogP contribution in [0.4, 0.5) is 27.6 Å². The van der Waals surface area contributed by atoms with E-state index in [1.54, 1.807) is 31.2 Å². The number of sulfonamides is 1. The predicted molar refractivity (Wildman–Crippen MR) is 174 cm³/mol. The second-order valence-corrected chi connectivity index (χ2v) is 14.1. The molecule has 0 spiro atoms. The minimum Gasteiger partial charge on any atom is -0.507 e. The maximum absolute atomic E-state index is 14.9. The number of hydrogen-bond acceptors (Lipinski definition) is 5. The number of carbonyl (C=O) groups is 2. The first-order chi connectivity index (χ1) is 23.7. The number of hydrogen-bond donors (Lipinski definition) is 2. The van der Waals surface area contributed by atoms with Gasteiger partial charge in [0, 0.05) is 18.3 Å². The molecule has 50 heavy (non-hydrogen) atoms. The van der Waals surface area contributed by atoms with Gasteiger partial charge in [-0.05, 0) is 54.5 Å². The number of carboxylic acid groups (broad SMARTS) is 1. The Kier molecular flexibility index (Phi) is 10.9. The Bertz CT molecular complexity index is 1990. The Labute approximate surface area is 285 Å². The molecule has 0 saturated heterocycles. The number of carboxylic acids is 1. The summed E-state index contributed by atoms with van der Waals surface area (Å²) in [5.74, 6) is -15.5. The van der Waals surface area contributed by atoms with E-state index in [1.165, 1.54) is 24.6 Å². The van der Waals surface area contributed by atoms with Crippen molar-refractivity contribution in [3.8, 4) is 5.75 Å². The summed E-state index contributed by atoms with van der Waals surface area (Å²) in [7, 11) is -5.60. The maximum atomic E-state index is 14.9. The lowest BCUT2D eigenvalue weighted by molar-refractivity contribution is -0.119. The fourth-order valence-electron chi connectivity index (χ4n) is 6.01. The molecule has 1 aliphatic rings. The molecule has 1 fully saturated rings. The Morgan fingerprint density at radius 2 is 1.30 bits per heavy atom. The Morgan fingerprint density at radius 1 is 0.760 bits per heavy atom. The van der Waals surface area contributed by atoms with Crippen LogP contribution in [-0.2, 0) is 27.9 Å². The van der Waals surface area contributed by atoms with Gasteiger partial charge in [0.15, 0.2) is 28.2 Å². The second kappa shape index (κ2) is 15.0. The number of benzene rings is 4. The number of aromatic carboxylic acids is 1. The number of halogens is 5. The number of carbonyl (C=O) groups excluding carboxylic acids is 1. The van der Waals surface area contributed by atoms with Gasteiger partial charge in [-0.2, -0.15) is 4.31 Å². The van der Waals surface area contributed by atoms with Crippen molar-refractivity contribution in [3.63, 3.8) is 0 Å². The highest BCUT2D eigenvalue weighted by Crippen LogP contribution is 2.34. The van der Waals surface area contributed by atoms with Crippen LogP contribution in [0.25, 0.3) is 0 Å². The van der Waals surface area contributed by atoms with E-state index in [2.05, 4.69) is 0 Å². The lowest BCUT2D eigenvalue weighted by Crippen LogP contribution is -2.43. The molecule has 264 valence electrons. The summed E-state index contributed by atoms with van der Waals surface area (Å²) in [6, 6.07) is 16.7. The number of nitrogens with zero attached hydrogens (tertiary/aromatic N) is 2. The Balaban J connectivity index is 1.56. The first kappa shape index (κ1) is 36.5. The molecule has 1 aliphatic carbocycles. The standard InChI is InChI=1S/C36H33F5N2O6S/c1-21-7-9-22(10-8-21)18-42(50(48,49)35-33(40)31(38)30(37)32(39)34(35)41)20-29(45)43(26-15-16-27(36(46)47)28(44)17-26)19-23-11-13-25(14-12-23)24-5-3-2-4-6-24/h7-17,24,44H,2-6,18-20H2,1H3,(H,46,47). The largest absolute Gasteiger partial charge is 0.507 e. The smallest absolute Gasteiger partial charge is 0.339 e. The third-order valence-electron chi connectivity index (χ3n) is 8.78. The average Bonchev–Trinajstić information content (AvgIpc) is 3.09. The molecule has 0 atom stereocenters. The Morgan fingerprint density at radius 3 is 1.86 bits per heavy atom. The summed E-state index contributed by atoms with van der Waals surface area (Å²) in [6.45, 7) is -0.351. The molecule has 0 heterocycles. The third-order valence-corrected chi connectivity index (χ3v) is 10.6. The van der Waals surface area contributed by atoms with E-state index in [1.807, 2.05) is 12.1 Å². The highest BCUT2D eigenvalue weighted by molar-refractivity contribution is 7.89. The summed E-state index contributed by atoms with van der Waals surface area (Å²) >= 11 is 0. The van der Waals surface area contributed by atoms with Gasteiger partial charge in [-0.25, -0.2) is 35.2 Å². The molecule has 1 saturated carbocycles. The van der Waals surface area contributed by atoms with Crippen LogP contribution in [0, 0.1) is 36.0 Å². The molecule has 4 aromatic carbocycles. The van der Waals surface area contributed by atoms with Gasteiger partial charge in [0.25, 0.3) is 0 Å². The number of anilines is 1. The van der Waals surface area contributed by atoms with Crippen molar-refractivity contribution in [1.82, 2.24) is 4.31 Å². The highest BCUT2D eigenvalue weighted by Gasteiger charge is 2.39. The van der Waals surface area contributed by atoms with Gasteiger partial charge in [0.2, 0.25) is 21.7 Å². The summed E-state index contributed by atoms with van der Waals surface area (Å²) in [6.07, 6.45) is 5.45. The number of rotatable bonds is 11.